The molecule has 0 spiro atoms. The second kappa shape index (κ2) is 6.13. The van der Waals surface area contributed by atoms with Gasteiger partial charge in [-0.25, -0.2) is 4.39 Å². The van der Waals surface area contributed by atoms with E-state index in [1.165, 1.54) is 25.3 Å². The van der Waals surface area contributed by atoms with Crippen LogP contribution in [0, 0.1) is 5.82 Å². The first kappa shape index (κ1) is 15.5. The minimum absolute atomic E-state index is 0.183. The van der Waals surface area contributed by atoms with E-state index in [-0.39, 0.29) is 17.8 Å². The predicted octanol–water partition coefficient (Wildman–Crippen LogP) is 2.98. The molecular weight excluding hydrogens is 305 g/mol. The van der Waals surface area contributed by atoms with Gasteiger partial charge < -0.3 is 5.32 Å². The zero-order valence-electron chi connectivity index (χ0n) is 13.8. The largest absolute Gasteiger partial charge is 0.311 e. The summed E-state index contributed by atoms with van der Waals surface area (Å²) in [5.41, 5.74) is 2.08. The predicted molar refractivity (Wildman–Crippen MR) is 89.6 cm³/mol. The topological polar surface area (TPSA) is 46.9 Å². The summed E-state index contributed by atoms with van der Waals surface area (Å²) >= 11 is 0. The molecule has 4 rings (SSSR count). The van der Waals surface area contributed by atoms with Crippen molar-refractivity contribution in [3.63, 3.8) is 0 Å². The molecule has 4 nitrogen and oxygen atoms in total. The molecule has 2 aromatic rings. The van der Waals surface area contributed by atoms with Gasteiger partial charge in [-0.3, -0.25) is 9.48 Å². The van der Waals surface area contributed by atoms with Gasteiger partial charge in [0.2, 0.25) is 0 Å². The Labute approximate surface area is 141 Å². The molecule has 2 unspecified atom stereocenters. The molecule has 0 amide bonds. The van der Waals surface area contributed by atoms with Crippen LogP contribution in [0.5, 0.6) is 0 Å². The van der Waals surface area contributed by atoms with E-state index in [1.54, 1.807) is 30.2 Å². The highest BCUT2D eigenvalue weighted by molar-refractivity contribution is 5.97. The average Bonchev–Trinajstić information content (AvgIpc) is 3.17. The Hall–Kier alpha value is -2.01. The summed E-state index contributed by atoms with van der Waals surface area (Å²) in [7, 11) is 1.80. The molecule has 24 heavy (non-hydrogen) atoms. The molecule has 0 radical (unpaired) electrons. The van der Waals surface area contributed by atoms with Crippen molar-refractivity contribution in [1.29, 1.82) is 0 Å². The fraction of sp³-hybridized carbons (Fsp3) is 0.474. The van der Waals surface area contributed by atoms with E-state index in [0.717, 1.165) is 17.5 Å². The monoisotopic (exact) mass is 327 g/mol. The van der Waals surface area contributed by atoms with Crippen LogP contribution >= 0.6 is 0 Å². The van der Waals surface area contributed by atoms with Gasteiger partial charge in [-0.05, 0) is 42.5 Å². The summed E-state index contributed by atoms with van der Waals surface area (Å²) in [5.74, 6) is -0.209. The quantitative estimate of drug-likeness (QED) is 0.830. The number of nitrogens with one attached hydrogen (secondary N) is 1. The molecule has 2 fully saturated rings. The number of aryl methyl sites for hydroxylation is 1. The van der Waals surface area contributed by atoms with E-state index in [1.807, 2.05) is 6.07 Å². The zero-order chi connectivity index (χ0) is 16.7. The number of rotatable bonds is 6. The molecule has 0 aliphatic heterocycles. The molecule has 1 aromatic heterocycles. The molecule has 126 valence electrons. The lowest BCUT2D eigenvalue weighted by Gasteiger charge is -2.26. The van der Waals surface area contributed by atoms with Crippen LogP contribution < -0.4 is 5.32 Å². The fourth-order valence-corrected chi connectivity index (χ4v) is 3.46. The van der Waals surface area contributed by atoms with Crippen LogP contribution in [0.3, 0.4) is 0 Å². The van der Waals surface area contributed by atoms with Gasteiger partial charge in [0.05, 0.1) is 11.8 Å². The SMILES string of the molecule is Cn1cc(CC(=O)c2cc(C3CC3NC3CCC3)ccc2F)cn1. The van der Waals surface area contributed by atoms with Crippen molar-refractivity contribution in [3.05, 3.63) is 53.1 Å². The Morgan fingerprint density at radius 2 is 2.25 bits per heavy atom. The number of aromatic nitrogens is 2. The standard InChI is InChI=1S/C19H22FN3O/c1-23-11-12(10-21-23)7-19(24)16-8-13(5-6-17(16)20)15-9-18(15)22-14-3-2-4-14/h5-6,8,10-11,14-15,18,22H,2-4,7,9H2,1H3. The maximum Gasteiger partial charge on any atom is 0.170 e. The molecule has 2 saturated carbocycles. The number of nitrogens with zero attached hydrogens (tertiary/aromatic N) is 2. The van der Waals surface area contributed by atoms with Crippen LogP contribution in [0.15, 0.2) is 30.6 Å². The van der Waals surface area contributed by atoms with E-state index in [2.05, 4.69) is 10.4 Å². The Morgan fingerprint density at radius 1 is 1.42 bits per heavy atom. The summed E-state index contributed by atoms with van der Waals surface area (Å²) in [6.07, 6.45) is 8.56. The molecule has 5 heteroatoms. The molecule has 2 aliphatic carbocycles. The smallest absolute Gasteiger partial charge is 0.170 e. The van der Waals surface area contributed by atoms with Crippen LogP contribution in [0.4, 0.5) is 4.39 Å². The van der Waals surface area contributed by atoms with Crippen LogP contribution in [0.2, 0.25) is 0 Å². The fourth-order valence-electron chi connectivity index (χ4n) is 3.46. The van der Waals surface area contributed by atoms with Crippen LogP contribution in [0.25, 0.3) is 0 Å². The number of carbonyl (C=O) groups excluding carboxylic acids is 1. The minimum atomic E-state index is -0.434. The Bertz CT molecular complexity index is 766. The van der Waals surface area contributed by atoms with Gasteiger partial charge in [0, 0.05) is 37.7 Å². The molecule has 2 atom stereocenters. The van der Waals surface area contributed by atoms with Crippen LogP contribution in [-0.2, 0) is 13.5 Å². The maximum absolute atomic E-state index is 14.1. The minimum Gasteiger partial charge on any atom is -0.311 e. The maximum atomic E-state index is 14.1. The molecule has 1 N–H and O–H groups in total. The lowest BCUT2D eigenvalue weighted by atomic mass is 9.93. The zero-order valence-corrected chi connectivity index (χ0v) is 13.8. The Morgan fingerprint density at radius 3 is 2.92 bits per heavy atom. The van der Waals surface area contributed by atoms with Gasteiger partial charge in [0.1, 0.15) is 5.82 Å². The highest BCUT2D eigenvalue weighted by Gasteiger charge is 2.40. The second-order valence-electron chi connectivity index (χ2n) is 7.10. The number of ketones is 1. The molecule has 0 bridgehead atoms. The molecule has 2 aliphatic rings. The number of carbonyl (C=O) groups is 1. The third kappa shape index (κ3) is 3.13. The van der Waals surface area contributed by atoms with Crippen molar-refractivity contribution in [2.24, 2.45) is 7.05 Å². The number of Topliss-reactive ketones (excluding diaryl/α,β-unsaturated/α-hetero) is 1. The van der Waals surface area contributed by atoms with Crippen molar-refractivity contribution in [2.75, 3.05) is 0 Å². The van der Waals surface area contributed by atoms with Crippen molar-refractivity contribution in [1.82, 2.24) is 15.1 Å². The van der Waals surface area contributed by atoms with E-state index in [4.69, 9.17) is 0 Å². The third-order valence-electron chi connectivity index (χ3n) is 5.19. The van der Waals surface area contributed by atoms with Gasteiger partial charge in [-0.1, -0.05) is 12.5 Å². The first-order chi connectivity index (χ1) is 11.6. The van der Waals surface area contributed by atoms with Crippen LogP contribution in [-0.4, -0.2) is 27.6 Å². The van der Waals surface area contributed by atoms with Crippen molar-refractivity contribution < 1.29 is 9.18 Å². The van der Waals surface area contributed by atoms with E-state index < -0.39 is 5.82 Å². The molecule has 0 saturated heterocycles. The van der Waals surface area contributed by atoms with E-state index in [9.17, 15) is 9.18 Å². The van der Waals surface area contributed by atoms with Crippen molar-refractivity contribution in [2.45, 2.75) is 50.1 Å². The van der Waals surface area contributed by atoms with Gasteiger partial charge in [0.15, 0.2) is 5.78 Å². The van der Waals surface area contributed by atoms with E-state index >= 15 is 0 Å². The Balaban J connectivity index is 1.46. The van der Waals surface area contributed by atoms with E-state index in [0.29, 0.717) is 18.0 Å². The number of hydrogen-bond acceptors (Lipinski definition) is 3. The molecule has 1 heterocycles. The summed E-state index contributed by atoms with van der Waals surface area (Å²) in [4.78, 5) is 12.5. The number of halogens is 1. The summed E-state index contributed by atoms with van der Waals surface area (Å²) in [5, 5.41) is 7.71. The highest BCUT2D eigenvalue weighted by atomic mass is 19.1. The number of benzene rings is 1. The van der Waals surface area contributed by atoms with Crippen molar-refractivity contribution in [3.8, 4) is 0 Å². The highest BCUT2D eigenvalue weighted by Crippen LogP contribution is 2.42. The summed E-state index contributed by atoms with van der Waals surface area (Å²) in [6.45, 7) is 0. The first-order valence-electron chi connectivity index (χ1n) is 8.66. The normalized spacial score (nSPS) is 23.1. The first-order valence-corrected chi connectivity index (χ1v) is 8.66. The van der Waals surface area contributed by atoms with Crippen LogP contribution in [0.1, 0.15) is 53.1 Å². The lowest BCUT2D eigenvalue weighted by molar-refractivity contribution is 0.0989. The lowest BCUT2D eigenvalue weighted by Crippen LogP contribution is -2.37. The average molecular weight is 327 g/mol. The van der Waals surface area contributed by atoms with Gasteiger partial charge in [-0.15, -0.1) is 0 Å². The third-order valence-corrected chi connectivity index (χ3v) is 5.19. The summed E-state index contributed by atoms with van der Waals surface area (Å²) in [6, 6.07) is 6.16. The van der Waals surface area contributed by atoms with Gasteiger partial charge in [-0.2, -0.15) is 5.10 Å². The van der Waals surface area contributed by atoms with Crippen molar-refractivity contribution >= 4 is 5.78 Å². The number of hydrogen-bond donors (Lipinski definition) is 1. The Kier molecular flexibility index (Phi) is 3.96. The van der Waals surface area contributed by atoms with Gasteiger partial charge >= 0.3 is 0 Å². The second-order valence-corrected chi connectivity index (χ2v) is 7.10. The summed E-state index contributed by atoms with van der Waals surface area (Å²) < 4.78 is 15.8. The van der Waals surface area contributed by atoms with Gasteiger partial charge in [0.25, 0.3) is 0 Å². The molecule has 1 aromatic carbocycles. The molecular formula is C19H22FN3O.